The number of allylic oxidation sites excluding steroid dienone is 20. The van der Waals surface area contributed by atoms with Crippen molar-refractivity contribution >= 4 is 17.8 Å². The number of nitrogens with zero attached hydrogens (tertiary/aromatic N) is 2. The second kappa shape index (κ2) is 32.8. The van der Waals surface area contributed by atoms with Gasteiger partial charge in [-0.1, -0.05) is 135 Å². The molecule has 0 unspecified atom stereocenters. The summed E-state index contributed by atoms with van der Waals surface area (Å²) in [5.41, 5.74) is 4.61. The standard InChI is InChI=1S/C49H68FN3O6/c1-4-6-8-10-12-14-16-18-20-22-24-26-28-30-32-34-36-38-43(54)58-45-41(3)57-48(53-40-42(50)47(51)52-49(53)56)46(45)59-44(55)39-37-35-33-31-29-27-25-23-21-19-17-15-13-11-9-7-5-2/h6-9,12-15,18-21,24-27,30-33,40-41,45-46,48H,4-5,10-11,16-17,22-23,28-29,34-39H2,1-3H3,(H2,51,52,56)/b8-6-,9-7-,14-12-,15-13-,20-18-,21-19-,26-24-,27-25-,32-30-,33-31-/t41-,45-,46-,48-/m1/s1. The van der Waals surface area contributed by atoms with Crippen LogP contribution in [0.2, 0.25) is 0 Å². The minimum absolute atomic E-state index is 0.0864. The van der Waals surface area contributed by atoms with E-state index in [2.05, 4.69) is 122 Å². The summed E-state index contributed by atoms with van der Waals surface area (Å²) >= 11 is 0. The lowest BCUT2D eigenvalue weighted by Gasteiger charge is -2.24. The molecule has 1 saturated heterocycles. The van der Waals surface area contributed by atoms with Crippen molar-refractivity contribution in [3.05, 3.63) is 144 Å². The average Bonchev–Trinajstić information content (AvgIpc) is 3.51. The number of hydrogen-bond acceptors (Lipinski definition) is 8. The van der Waals surface area contributed by atoms with Gasteiger partial charge in [-0.2, -0.15) is 4.98 Å². The predicted octanol–water partition coefficient (Wildman–Crippen LogP) is 11.5. The topological polar surface area (TPSA) is 123 Å². The molecule has 0 radical (unpaired) electrons. The summed E-state index contributed by atoms with van der Waals surface area (Å²) in [6.07, 6.45) is 51.2. The van der Waals surface area contributed by atoms with Crippen LogP contribution in [0.25, 0.3) is 0 Å². The molecule has 0 aliphatic carbocycles. The van der Waals surface area contributed by atoms with E-state index in [0.717, 1.165) is 75.0 Å². The van der Waals surface area contributed by atoms with Crippen LogP contribution in [-0.2, 0) is 23.8 Å². The summed E-state index contributed by atoms with van der Waals surface area (Å²) in [6.45, 7) is 5.90. The third-order valence-corrected chi connectivity index (χ3v) is 8.98. The van der Waals surface area contributed by atoms with Crippen LogP contribution in [0, 0.1) is 5.82 Å². The van der Waals surface area contributed by atoms with Gasteiger partial charge in [-0.05, 0) is 96.8 Å². The van der Waals surface area contributed by atoms with Crippen molar-refractivity contribution in [2.45, 2.75) is 148 Å². The zero-order valence-electron chi connectivity index (χ0n) is 35.5. The number of nitrogen functional groups attached to an aromatic ring is 1. The number of hydrogen-bond donors (Lipinski definition) is 1. The number of unbranched alkanes of at least 4 members (excludes halogenated alkanes) is 2. The number of carbonyl (C=O) groups excluding carboxylic acids is 2. The van der Waals surface area contributed by atoms with E-state index in [0.29, 0.717) is 25.7 Å². The van der Waals surface area contributed by atoms with Crippen LogP contribution in [0.3, 0.4) is 0 Å². The van der Waals surface area contributed by atoms with Crippen molar-refractivity contribution in [2.75, 3.05) is 5.73 Å². The Morgan fingerprint density at radius 1 is 0.644 bits per heavy atom. The maximum Gasteiger partial charge on any atom is 0.351 e. The Balaban J connectivity index is 1.81. The Bertz CT molecular complexity index is 1710. The van der Waals surface area contributed by atoms with Crippen molar-refractivity contribution in [1.29, 1.82) is 0 Å². The van der Waals surface area contributed by atoms with Gasteiger partial charge in [0, 0.05) is 12.8 Å². The third-order valence-electron chi connectivity index (χ3n) is 8.98. The molecule has 1 aliphatic heterocycles. The molecular weight excluding hydrogens is 746 g/mol. The fourth-order valence-corrected chi connectivity index (χ4v) is 5.84. The summed E-state index contributed by atoms with van der Waals surface area (Å²) in [7, 11) is 0. The van der Waals surface area contributed by atoms with Gasteiger partial charge in [-0.25, -0.2) is 9.18 Å². The van der Waals surface area contributed by atoms with Gasteiger partial charge in [0.15, 0.2) is 30.1 Å². The summed E-state index contributed by atoms with van der Waals surface area (Å²) in [5, 5.41) is 0. The molecule has 0 bridgehead atoms. The van der Waals surface area contributed by atoms with Gasteiger partial charge < -0.3 is 19.9 Å². The van der Waals surface area contributed by atoms with E-state index in [1.54, 1.807) is 6.92 Å². The van der Waals surface area contributed by atoms with Crippen molar-refractivity contribution in [3.63, 3.8) is 0 Å². The minimum Gasteiger partial charge on any atom is -0.455 e. The zero-order chi connectivity index (χ0) is 42.8. The summed E-state index contributed by atoms with van der Waals surface area (Å²) in [5.74, 6) is -2.54. The number of carbonyl (C=O) groups is 2. The number of aromatic nitrogens is 2. The van der Waals surface area contributed by atoms with E-state index in [1.165, 1.54) is 0 Å². The highest BCUT2D eigenvalue weighted by molar-refractivity contribution is 5.71. The molecule has 2 rings (SSSR count). The molecule has 0 aromatic carbocycles. The molecule has 0 saturated carbocycles. The van der Waals surface area contributed by atoms with E-state index in [-0.39, 0.29) is 12.8 Å². The summed E-state index contributed by atoms with van der Waals surface area (Å²) < 4.78 is 32.8. The molecule has 1 fully saturated rings. The fraction of sp³-hybridized carbons (Fsp3) is 0.469. The molecule has 0 amide bonds. The first-order chi connectivity index (χ1) is 28.8. The molecule has 1 aromatic rings. The molecule has 1 aliphatic rings. The molecule has 59 heavy (non-hydrogen) atoms. The monoisotopic (exact) mass is 814 g/mol. The molecule has 1 aromatic heterocycles. The van der Waals surface area contributed by atoms with E-state index < -0.39 is 53.8 Å². The van der Waals surface area contributed by atoms with E-state index in [4.69, 9.17) is 19.9 Å². The van der Waals surface area contributed by atoms with Crippen LogP contribution in [0.4, 0.5) is 10.2 Å². The summed E-state index contributed by atoms with van der Waals surface area (Å²) in [6, 6.07) is 0. The molecule has 322 valence electrons. The Morgan fingerprint density at radius 3 is 1.39 bits per heavy atom. The highest BCUT2D eigenvalue weighted by atomic mass is 19.1. The van der Waals surface area contributed by atoms with Crippen LogP contribution in [-0.4, -0.2) is 39.8 Å². The molecule has 2 N–H and O–H groups in total. The average molecular weight is 814 g/mol. The Hall–Kier alpha value is -5.09. The Morgan fingerprint density at radius 2 is 1.00 bits per heavy atom. The number of esters is 2. The molecule has 4 atom stereocenters. The highest BCUT2D eigenvalue weighted by Crippen LogP contribution is 2.34. The van der Waals surface area contributed by atoms with E-state index in [9.17, 15) is 18.8 Å². The van der Waals surface area contributed by atoms with Crippen LogP contribution in [0.5, 0.6) is 0 Å². The lowest BCUT2D eigenvalue weighted by molar-refractivity contribution is -0.168. The first kappa shape index (κ1) is 50.1. The van der Waals surface area contributed by atoms with Crippen molar-refractivity contribution < 1.29 is 28.2 Å². The number of ether oxygens (including phenoxy) is 3. The number of nitrogens with two attached hydrogens (primary N) is 1. The molecule has 2 heterocycles. The van der Waals surface area contributed by atoms with Gasteiger partial charge in [0.2, 0.25) is 0 Å². The lowest BCUT2D eigenvalue weighted by Crippen LogP contribution is -2.41. The van der Waals surface area contributed by atoms with Gasteiger partial charge >= 0.3 is 17.6 Å². The molecule has 0 spiro atoms. The van der Waals surface area contributed by atoms with Gasteiger partial charge in [0.1, 0.15) is 0 Å². The minimum atomic E-state index is -1.27. The van der Waals surface area contributed by atoms with Gasteiger partial charge in [-0.15, -0.1) is 0 Å². The normalized spacial score (nSPS) is 19.1. The number of halogens is 1. The quantitative estimate of drug-likeness (QED) is 0.0482. The number of rotatable bonds is 29. The summed E-state index contributed by atoms with van der Waals surface area (Å²) in [4.78, 5) is 42.2. The first-order valence-corrected chi connectivity index (χ1v) is 21.4. The van der Waals surface area contributed by atoms with Crippen LogP contribution >= 0.6 is 0 Å². The Labute approximate surface area is 352 Å². The second-order valence-corrected chi connectivity index (χ2v) is 14.0. The van der Waals surface area contributed by atoms with E-state index >= 15 is 0 Å². The largest absolute Gasteiger partial charge is 0.455 e. The zero-order valence-corrected chi connectivity index (χ0v) is 35.5. The smallest absolute Gasteiger partial charge is 0.351 e. The molecule has 10 heteroatoms. The van der Waals surface area contributed by atoms with Crippen LogP contribution < -0.4 is 11.4 Å². The van der Waals surface area contributed by atoms with Crippen molar-refractivity contribution in [2.24, 2.45) is 0 Å². The predicted molar refractivity (Wildman–Crippen MR) is 239 cm³/mol. The Kier molecular flexibility index (Phi) is 27.8. The van der Waals surface area contributed by atoms with Gasteiger partial charge in [0.05, 0.1) is 12.3 Å². The molecular formula is C49H68FN3O6. The van der Waals surface area contributed by atoms with Gasteiger partial charge in [-0.3, -0.25) is 14.2 Å². The maximum absolute atomic E-state index is 14.4. The maximum atomic E-state index is 14.4. The molecule has 9 nitrogen and oxygen atoms in total. The lowest BCUT2D eigenvalue weighted by atomic mass is 10.1. The van der Waals surface area contributed by atoms with Crippen molar-refractivity contribution in [1.82, 2.24) is 9.55 Å². The van der Waals surface area contributed by atoms with Gasteiger partial charge in [0.25, 0.3) is 0 Å². The highest BCUT2D eigenvalue weighted by Gasteiger charge is 2.49. The van der Waals surface area contributed by atoms with Crippen molar-refractivity contribution in [3.8, 4) is 0 Å². The fourth-order valence-electron chi connectivity index (χ4n) is 5.84. The number of anilines is 1. The van der Waals surface area contributed by atoms with Crippen LogP contribution in [0.1, 0.15) is 130 Å². The second-order valence-electron chi connectivity index (χ2n) is 14.0. The SMILES string of the molecule is CC/C=C\C/C=C\C/C=C\C/C=C\C/C=C\CCCC(=O)O[C@@H]1[C@H](OC(=O)CCC/C=C\C/C=C\C/C=C\C/C=C\C/C=C\CC)[C@@H](C)O[C@H]1n1cc(F)c(N)nc1=O. The first-order valence-electron chi connectivity index (χ1n) is 21.4. The van der Waals surface area contributed by atoms with Crippen LogP contribution in [0.15, 0.2) is 133 Å². The van der Waals surface area contributed by atoms with E-state index in [1.807, 2.05) is 18.2 Å². The third kappa shape index (κ3) is 23.2.